The van der Waals surface area contributed by atoms with Gasteiger partial charge in [0, 0.05) is 32.8 Å². The van der Waals surface area contributed by atoms with Gasteiger partial charge in [0.25, 0.3) is 0 Å². The van der Waals surface area contributed by atoms with E-state index in [1.54, 1.807) is 7.05 Å². The third kappa shape index (κ3) is 8.95. The fraction of sp³-hybridized carbons (Fsp3) is 0.667. The van der Waals surface area contributed by atoms with E-state index in [2.05, 4.69) is 5.32 Å². The third-order valence-corrected chi connectivity index (χ3v) is 0.352. The number of carbonyl (C=O) groups excluding carboxylic acids is 1. The summed E-state index contributed by atoms with van der Waals surface area (Å²) in [6, 6.07) is 0. The van der Waals surface area contributed by atoms with Crippen molar-refractivity contribution in [3.8, 4) is 0 Å². The van der Waals surface area contributed by atoms with E-state index < -0.39 is 0 Å². The van der Waals surface area contributed by atoms with Crippen LogP contribution in [0, 0.1) is 0 Å². The van der Waals surface area contributed by atoms with E-state index in [0.717, 1.165) is 0 Å². The molecule has 0 saturated carbocycles. The standard InChI is InChI=1S/C3H7NO.Li/c1-3(5)4-2;/h1-2H3,(H,4,5);. The molecule has 0 fully saturated rings. The van der Waals surface area contributed by atoms with Gasteiger partial charge in [0.2, 0.25) is 5.91 Å². The van der Waals surface area contributed by atoms with E-state index in [1.165, 1.54) is 6.92 Å². The summed E-state index contributed by atoms with van der Waals surface area (Å²) in [4.78, 5) is 9.70. The number of hydrogen-bond acceptors (Lipinski definition) is 1. The first-order valence-corrected chi connectivity index (χ1v) is 1.45. The van der Waals surface area contributed by atoms with Gasteiger partial charge in [-0.2, -0.15) is 0 Å². The molecule has 0 unspecified atom stereocenters. The van der Waals surface area contributed by atoms with Crippen molar-refractivity contribution >= 4 is 24.8 Å². The Morgan fingerprint density at radius 1 is 1.67 bits per heavy atom. The molecule has 0 aliphatic rings. The van der Waals surface area contributed by atoms with Crippen LogP contribution < -0.4 is 5.32 Å². The molecule has 1 radical (unpaired) electrons. The summed E-state index contributed by atoms with van der Waals surface area (Å²) in [7, 11) is 1.60. The number of hydrogen-bond donors (Lipinski definition) is 1. The van der Waals surface area contributed by atoms with Crippen LogP contribution in [0.5, 0.6) is 0 Å². The SMILES string of the molecule is CNC(C)=O.[Li]. The van der Waals surface area contributed by atoms with Crippen molar-refractivity contribution in [2.45, 2.75) is 6.92 Å². The van der Waals surface area contributed by atoms with Gasteiger partial charge >= 0.3 is 0 Å². The molecule has 2 nitrogen and oxygen atoms in total. The maximum atomic E-state index is 9.70. The number of rotatable bonds is 0. The van der Waals surface area contributed by atoms with Gasteiger partial charge in [-0.3, -0.25) is 4.79 Å². The smallest absolute Gasteiger partial charge is 0.216 e. The minimum Gasteiger partial charge on any atom is -0.359 e. The molecule has 0 aromatic carbocycles. The molecular weight excluding hydrogens is 73.0 g/mol. The molecule has 0 atom stereocenters. The molecule has 0 saturated heterocycles. The number of nitrogens with one attached hydrogen (secondary N) is 1. The van der Waals surface area contributed by atoms with Crippen molar-refractivity contribution in [1.82, 2.24) is 5.32 Å². The topological polar surface area (TPSA) is 29.1 Å². The van der Waals surface area contributed by atoms with Crippen LogP contribution in [0.1, 0.15) is 6.92 Å². The molecule has 0 aromatic heterocycles. The van der Waals surface area contributed by atoms with Crippen molar-refractivity contribution in [2.75, 3.05) is 7.05 Å². The van der Waals surface area contributed by atoms with Gasteiger partial charge in [-0.1, -0.05) is 0 Å². The minimum atomic E-state index is 0. The molecule has 0 aromatic rings. The first-order valence-electron chi connectivity index (χ1n) is 1.45. The van der Waals surface area contributed by atoms with Crippen molar-refractivity contribution in [3.05, 3.63) is 0 Å². The molecule has 1 N–H and O–H groups in total. The van der Waals surface area contributed by atoms with Gasteiger partial charge in [0.05, 0.1) is 0 Å². The van der Waals surface area contributed by atoms with Crippen LogP contribution in [0.2, 0.25) is 0 Å². The van der Waals surface area contributed by atoms with Gasteiger partial charge in [-0.25, -0.2) is 0 Å². The molecule has 31 valence electrons. The Morgan fingerprint density at radius 3 is 1.83 bits per heavy atom. The fourth-order valence-corrected chi connectivity index (χ4v) is 0. The van der Waals surface area contributed by atoms with E-state index in [-0.39, 0.29) is 24.8 Å². The zero-order chi connectivity index (χ0) is 4.28. The van der Waals surface area contributed by atoms with Crippen LogP contribution >= 0.6 is 0 Å². The van der Waals surface area contributed by atoms with Gasteiger partial charge in [0.1, 0.15) is 0 Å². The second-order valence-electron chi connectivity index (χ2n) is 0.806. The van der Waals surface area contributed by atoms with E-state index >= 15 is 0 Å². The van der Waals surface area contributed by atoms with Crippen LogP contribution in [0.25, 0.3) is 0 Å². The van der Waals surface area contributed by atoms with Gasteiger partial charge in [0.15, 0.2) is 0 Å². The predicted molar refractivity (Wildman–Crippen MR) is 25.5 cm³/mol. The molecule has 0 aliphatic heterocycles. The average Bonchev–Trinajstić information content (AvgIpc) is 1.38. The fourth-order valence-electron chi connectivity index (χ4n) is 0. The Bertz CT molecular complexity index is 46.1. The van der Waals surface area contributed by atoms with E-state index in [4.69, 9.17) is 0 Å². The Labute approximate surface area is 49.5 Å². The molecule has 0 heterocycles. The van der Waals surface area contributed by atoms with Crippen molar-refractivity contribution in [1.29, 1.82) is 0 Å². The molecule has 1 amide bonds. The molecule has 6 heavy (non-hydrogen) atoms. The van der Waals surface area contributed by atoms with E-state index in [0.29, 0.717) is 0 Å². The summed E-state index contributed by atoms with van der Waals surface area (Å²) in [5.41, 5.74) is 0. The van der Waals surface area contributed by atoms with Crippen LogP contribution in [-0.4, -0.2) is 31.8 Å². The molecule has 3 heteroatoms. The van der Waals surface area contributed by atoms with Gasteiger partial charge in [-0.05, 0) is 0 Å². The molecule has 0 spiro atoms. The minimum absolute atomic E-state index is 0. The summed E-state index contributed by atoms with van der Waals surface area (Å²) >= 11 is 0. The summed E-state index contributed by atoms with van der Waals surface area (Å²) in [6.45, 7) is 1.47. The normalized spacial score (nSPS) is 5.67. The predicted octanol–water partition coefficient (Wildman–Crippen LogP) is -0.629. The quantitative estimate of drug-likeness (QED) is 0.386. The maximum absolute atomic E-state index is 9.70. The molecule has 0 bridgehead atoms. The Kier molecular flexibility index (Phi) is 7.95. The molecule has 0 aliphatic carbocycles. The van der Waals surface area contributed by atoms with Crippen molar-refractivity contribution in [3.63, 3.8) is 0 Å². The molecule has 0 rings (SSSR count). The van der Waals surface area contributed by atoms with Crippen LogP contribution in [0.4, 0.5) is 0 Å². The largest absolute Gasteiger partial charge is 0.359 e. The summed E-state index contributed by atoms with van der Waals surface area (Å²) in [5, 5.41) is 2.39. The van der Waals surface area contributed by atoms with E-state index in [9.17, 15) is 4.79 Å². The Balaban J connectivity index is 0. The summed E-state index contributed by atoms with van der Waals surface area (Å²) in [5.74, 6) is 0.00463. The molecular formula is C3H7LiNO. The van der Waals surface area contributed by atoms with Gasteiger partial charge < -0.3 is 5.32 Å². The van der Waals surface area contributed by atoms with Crippen LogP contribution in [0.3, 0.4) is 0 Å². The van der Waals surface area contributed by atoms with Crippen LogP contribution in [0.15, 0.2) is 0 Å². The number of amides is 1. The Hall–Kier alpha value is 0.0674. The maximum Gasteiger partial charge on any atom is 0.216 e. The van der Waals surface area contributed by atoms with E-state index in [1.807, 2.05) is 0 Å². The average molecular weight is 80.0 g/mol. The second-order valence-corrected chi connectivity index (χ2v) is 0.806. The first-order chi connectivity index (χ1) is 2.27. The zero-order valence-electron chi connectivity index (χ0n) is 4.41. The van der Waals surface area contributed by atoms with Crippen molar-refractivity contribution in [2.24, 2.45) is 0 Å². The van der Waals surface area contributed by atoms with Gasteiger partial charge in [-0.15, -0.1) is 0 Å². The summed E-state index contributed by atoms with van der Waals surface area (Å²) in [6.07, 6.45) is 0. The number of carbonyl (C=O) groups is 1. The Morgan fingerprint density at radius 2 is 1.83 bits per heavy atom. The van der Waals surface area contributed by atoms with Crippen LogP contribution in [-0.2, 0) is 4.79 Å². The third-order valence-electron chi connectivity index (χ3n) is 0.352. The second kappa shape index (κ2) is 5.07. The zero-order valence-corrected chi connectivity index (χ0v) is 4.41. The summed E-state index contributed by atoms with van der Waals surface area (Å²) < 4.78 is 0. The monoisotopic (exact) mass is 80.1 g/mol. The van der Waals surface area contributed by atoms with Crippen molar-refractivity contribution < 1.29 is 4.79 Å². The first kappa shape index (κ1) is 9.42.